The van der Waals surface area contributed by atoms with Gasteiger partial charge < -0.3 is 19.1 Å². The fourth-order valence-electron chi connectivity index (χ4n) is 3.91. The number of fused-ring (bicyclic) bond motifs is 1. The van der Waals surface area contributed by atoms with Gasteiger partial charge in [0.05, 0.1) is 60.2 Å². The van der Waals surface area contributed by atoms with Crippen LogP contribution in [0.25, 0.3) is 22.3 Å². The van der Waals surface area contributed by atoms with Crippen LogP contribution in [0.2, 0.25) is 15.2 Å². The minimum absolute atomic E-state index is 0.211. The van der Waals surface area contributed by atoms with Crippen molar-refractivity contribution in [3.05, 3.63) is 33.5 Å². The topological polar surface area (TPSA) is 69.6 Å². The first-order valence-electron chi connectivity index (χ1n) is 9.21. The van der Waals surface area contributed by atoms with Gasteiger partial charge in [0.15, 0.2) is 5.82 Å². The molecular weight excluding hydrogens is 451 g/mol. The van der Waals surface area contributed by atoms with E-state index in [4.69, 9.17) is 54.0 Å². The number of benzene rings is 1. The lowest BCUT2D eigenvalue weighted by molar-refractivity contribution is -0.127. The largest absolute Gasteiger partial charge is 0.495 e. The van der Waals surface area contributed by atoms with Gasteiger partial charge >= 0.3 is 0 Å². The molecule has 0 radical (unpaired) electrons. The van der Waals surface area contributed by atoms with Crippen LogP contribution < -0.4 is 14.4 Å². The van der Waals surface area contributed by atoms with E-state index in [-0.39, 0.29) is 5.41 Å². The van der Waals surface area contributed by atoms with Crippen LogP contribution in [0.1, 0.15) is 0 Å². The second-order valence-corrected chi connectivity index (χ2v) is 8.67. The van der Waals surface area contributed by atoms with Crippen molar-refractivity contribution in [3.63, 3.8) is 0 Å². The van der Waals surface area contributed by atoms with Crippen LogP contribution in [0.15, 0.2) is 18.3 Å². The van der Waals surface area contributed by atoms with Gasteiger partial charge in [-0.1, -0.05) is 34.8 Å². The molecule has 0 saturated carbocycles. The predicted octanol–water partition coefficient (Wildman–Crippen LogP) is 4.51. The summed E-state index contributed by atoms with van der Waals surface area (Å²) in [5.74, 6) is 1.95. The molecule has 1 aromatic carbocycles. The molecule has 2 aromatic heterocycles. The van der Waals surface area contributed by atoms with Crippen LogP contribution in [0.3, 0.4) is 0 Å². The van der Waals surface area contributed by atoms with E-state index in [1.165, 1.54) is 14.2 Å². The van der Waals surface area contributed by atoms with E-state index < -0.39 is 0 Å². The first kappa shape index (κ1) is 19.9. The van der Waals surface area contributed by atoms with Crippen LogP contribution in [-0.2, 0) is 4.74 Å². The molecule has 4 heterocycles. The van der Waals surface area contributed by atoms with Crippen molar-refractivity contribution in [2.45, 2.75) is 0 Å². The predicted molar refractivity (Wildman–Crippen MR) is 116 cm³/mol. The SMILES string of the molecule is COc1cc(OC)c(Cl)c(-c2nc(N3CC4(COC4)C3)c3cc(Cl)ncc3n2)c1Cl. The molecule has 2 fully saturated rings. The highest BCUT2D eigenvalue weighted by molar-refractivity contribution is 6.41. The lowest BCUT2D eigenvalue weighted by Crippen LogP contribution is -2.66. The summed E-state index contributed by atoms with van der Waals surface area (Å²) in [5.41, 5.74) is 1.29. The number of aromatic nitrogens is 3. The van der Waals surface area contributed by atoms with Gasteiger partial charge in [-0.3, -0.25) is 0 Å². The fraction of sp³-hybridized carbons (Fsp3) is 0.350. The normalized spacial score (nSPS) is 17.0. The quantitative estimate of drug-likeness (QED) is 0.523. The van der Waals surface area contributed by atoms with Crippen LogP contribution in [-0.4, -0.2) is 55.5 Å². The maximum Gasteiger partial charge on any atom is 0.165 e. The molecule has 0 N–H and O–H groups in total. The van der Waals surface area contributed by atoms with E-state index in [2.05, 4.69) is 14.9 Å². The van der Waals surface area contributed by atoms with Gasteiger partial charge in [-0.25, -0.2) is 15.0 Å². The van der Waals surface area contributed by atoms with Crippen LogP contribution in [0.4, 0.5) is 5.82 Å². The highest BCUT2D eigenvalue weighted by Crippen LogP contribution is 2.47. The zero-order valence-electron chi connectivity index (χ0n) is 16.2. The van der Waals surface area contributed by atoms with E-state index in [0.717, 1.165) is 37.5 Å². The molecule has 3 aromatic rings. The Morgan fingerprint density at radius 2 is 1.67 bits per heavy atom. The van der Waals surface area contributed by atoms with E-state index >= 15 is 0 Å². The lowest BCUT2D eigenvalue weighted by Gasteiger charge is -2.55. The van der Waals surface area contributed by atoms with Crippen molar-refractivity contribution >= 4 is 51.5 Å². The van der Waals surface area contributed by atoms with Crippen LogP contribution in [0, 0.1) is 5.41 Å². The summed E-state index contributed by atoms with van der Waals surface area (Å²) >= 11 is 19.4. The second kappa shape index (κ2) is 7.27. The molecule has 156 valence electrons. The van der Waals surface area contributed by atoms with Gasteiger partial charge in [-0.05, 0) is 6.07 Å². The van der Waals surface area contributed by atoms with E-state index in [1.54, 1.807) is 18.3 Å². The third-order valence-electron chi connectivity index (χ3n) is 5.49. The monoisotopic (exact) mass is 466 g/mol. The molecule has 0 unspecified atom stereocenters. The number of hydrogen-bond acceptors (Lipinski definition) is 7. The summed E-state index contributed by atoms with van der Waals surface area (Å²) in [7, 11) is 3.05. The molecule has 10 heteroatoms. The average Bonchev–Trinajstić information content (AvgIpc) is 2.66. The summed E-state index contributed by atoms with van der Waals surface area (Å²) in [6.45, 7) is 3.24. The molecule has 0 amide bonds. The maximum absolute atomic E-state index is 6.60. The standard InChI is InChI=1S/C20H17Cl3N4O3/c1-28-12-4-13(29-2)17(23)15(16(12)22)18-25-11-5-24-14(21)3-10(11)19(26-18)27-6-20(7-27)8-30-9-20/h3-5H,6-9H2,1-2H3. The molecule has 30 heavy (non-hydrogen) atoms. The zero-order chi connectivity index (χ0) is 21.0. The minimum Gasteiger partial charge on any atom is -0.495 e. The summed E-state index contributed by atoms with van der Waals surface area (Å²) < 4.78 is 16.2. The molecular formula is C20H17Cl3N4O3. The van der Waals surface area contributed by atoms with Crippen molar-refractivity contribution < 1.29 is 14.2 Å². The Hall–Kier alpha value is -2.06. The Bertz CT molecular complexity index is 1130. The fourth-order valence-corrected chi connectivity index (χ4v) is 4.74. The third kappa shape index (κ3) is 3.03. The smallest absolute Gasteiger partial charge is 0.165 e. The van der Waals surface area contributed by atoms with Gasteiger partial charge in [0.2, 0.25) is 0 Å². The summed E-state index contributed by atoms with van der Waals surface area (Å²) in [6.07, 6.45) is 1.62. The Labute approximate surface area is 187 Å². The van der Waals surface area contributed by atoms with Crippen LogP contribution in [0.5, 0.6) is 11.5 Å². The van der Waals surface area contributed by atoms with Gasteiger partial charge in [0.25, 0.3) is 0 Å². The van der Waals surface area contributed by atoms with Gasteiger partial charge in [0.1, 0.15) is 22.5 Å². The lowest BCUT2D eigenvalue weighted by atomic mass is 9.78. The van der Waals surface area contributed by atoms with Gasteiger partial charge in [-0.2, -0.15) is 0 Å². The first-order chi connectivity index (χ1) is 14.4. The number of pyridine rings is 1. The molecule has 2 saturated heterocycles. The summed E-state index contributed by atoms with van der Waals surface area (Å²) in [5, 5.41) is 1.81. The molecule has 5 rings (SSSR count). The summed E-state index contributed by atoms with van der Waals surface area (Å²) in [4.78, 5) is 15.9. The molecule has 0 atom stereocenters. The molecule has 0 bridgehead atoms. The van der Waals surface area contributed by atoms with E-state index in [0.29, 0.717) is 43.6 Å². The number of hydrogen-bond donors (Lipinski definition) is 0. The van der Waals surface area contributed by atoms with Crippen LogP contribution >= 0.6 is 34.8 Å². The maximum atomic E-state index is 6.60. The number of nitrogens with zero attached hydrogens (tertiary/aromatic N) is 4. The highest BCUT2D eigenvalue weighted by Gasteiger charge is 2.50. The average molecular weight is 468 g/mol. The molecule has 2 aliphatic rings. The number of ether oxygens (including phenoxy) is 3. The summed E-state index contributed by atoms with van der Waals surface area (Å²) in [6, 6.07) is 3.40. The second-order valence-electron chi connectivity index (χ2n) is 7.53. The molecule has 2 aliphatic heterocycles. The van der Waals surface area contributed by atoms with E-state index in [1.807, 2.05) is 0 Å². The molecule has 0 aliphatic carbocycles. The molecule has 1 spiro atoms. The minimum atomic E-state index is 0.211. The van der Waals surface area contributed by atoms with Crippen molar-refractivity contribution in [2.24, 2.45) is 5.41 Å². The van der Waals surface area contributed by atoms with Crippen molar-refractivity contribution in [3.8, 4) is 22.9 Å². The number of rotatable bonds is 4. The van der Waals surface area contributed by atoms with Gasteiger partial charge in [0, 0.05) is 24.5 Å². The Kier molecular flexibility index (Phi) is 4.82. The first-order valence-corrected chi connectivity index (χ1v) is 10.3. The Morgan fingerprint density at radius 3 is 2.23 bits per heavy atom. The van der Waals surface area contributed by atoms with E-state index in [9.17, 15) is 0 Å². The van der Waals surface area contributed by atoms with Crippen molar-refractivity contribution in [1.29, 1.82) is 0 Å². The Morgan fingerprint density at radius 1 is 1.00 bits per heavy atom. The third-order valence-corrected chi connectivity index (χ3v) is 6.45. The Balaban J connectivity index is 1.70. The van der Waals surface area contributed by atoms with Crippen molar-refractivity contribution in [2.75, 3.05) is 45.4 Å². The highest BCUT2D eigenvalue weighted by atomic mass is 35.5. The zero-order valence-corrected chi connectivity index (χ0v) is 18.5. The number of methoxy groups -OCH3 is 2. The number of anilines is 1. The van der Waals surface area contributed by atoms with Crippen molar-refractivity contribution in [1.82, 2.24) is 15.0 Å². The molecule has 7 nitrogen and oxygen atoms in total. The van der Waals surface area contributed by atoms with Gasteiger partial charge in [-0.15, -0.1) is 0 Å². The number of halogens is 3.